The second-order valence-electron chi connectivity index (χ2n) is 7.58. The van der Waals surface area contributed by atoms with Crippen molar-refractivity contribution in [2.24, 2.45) is 4.99 Å². The van der Waals surface area contributed by atoms with Gasteiger partial charge < -0.3 is 25.4 Å². The maximum Gasteiger partial charge on any atom is 0.407 e. The zero-order valence-electron chi connectivity index (χ0n) is 18.3. The van der Waals surface area contributed by atoms with Gasteiger partial charge in [0.2, 0.25) is 0 Å². The van der Waals surface area contributed by atoms with Crippen molar-refractivity contribution in [3.05, 3.63) is 29.8 Å². The van der Waals surface area contributed by atoms with E-state index >= 15 is 0 Å². The number of amides is 1. The maximum atomic E-state index is 11.5. The lowest BCUT2D eigenvalue weighted by molar-refractivity contribution is 0.0527. The average Bonchev–Trinajstić information content (AvgIpc) is 2.62. The minimum Gasteiger partial charge on any atom is -0.494 e. The van der Waals surface area contributed by atoms with Gasteiger partial charge in [-0.25, -0.2) is 4.79 Å². The van der Waals surface area contributed by atoms with Gasteiger partial charge in [-0.2, -0.15) is 0 Å². The zero-order chi connectivity index (χ0) is 20.8. The average molecular weight is 520 g/mol. The molecule has 7 nitrogen and oxygen atoms in total. The number of aliphatic imine (C=N–C) groups is 1. The summed E-state index contributed by atoms with van der Waals surface area (Å²) in [4.78, 5) is 15.7. The van der Waals surface area contributed by atoms with Crippen LogP contribution in [-0.4, -0.2) is 50.9 Å². The van der Waals surface area contributed by atoms with E-state index in [4.69, 9.17) is 9.47 Å². The number of nitrogens with one attached hydrogen (secondary N) is 3. The topological polar surface area (TPSA) is 84.0 Å². The highest BCUT2D eigenvalue weighted by molar-refractivity contribution is 14.0. The van der Waals surface area contributed by atoms with E-state index in [1.807, 2.05) is 32.9 Å². The highest BCUT2D eigenvalue weighted by Crippen LogP contribution is 2.11. The second kappa shape index (κ2) is 15.2. The fourth-order valence-electron chi connectivity index (χ4n) is 2.28. The summed E-state index contributed by atoms with van der Waals surface area (Å²) in [5.41, 5.74) is 0.760. The summed E-state index contributed by atoms with van der Waals surface area (Å²) in [7, 11) is 1.74. The first-order chi connectivity index (χ1) is 13.3. The molecular formula is C21H37IN4O3. The number of alkyl carbamates (subject to hydrolysis) is 1. The van der Waals surface area contributed by atoms with Crippen LogP contribution in [-0.2, 0) is 4.74 Å². The summed E-state index contributed by atoms with van der Waals surface area (Å²) < 4.78 is 10.9. The van der Waals surface area contributed by atoms with Gasteiger partial charge in [0.05, 0.1) is 6.61 Å². The van der Waals surface area contributed by atoms with Gasteiger partial charge in [-0.1, -0.05) is 17.7 Å². The van der Waals surface area contributed by atoms with Crippen LogP contribution in [0.1, 0.15) is 45.6 Å². The van der Waals surface area contributed by atoms with E-state index in [-0.39, 0.29) is 30.1 Å². The second-order valence-corrected chi connectivity index (χ2v) is 7.58. The smallest absolute Gasteiger partial charge is 0.407 e. The van der Waals surface area contributed by atoms with Crippen molar-refractivity contribution < 1.29 is 14.3 Å². The molecule has 0 unspecified atom stereocenters. The highest BCUT2D eigenvalue weighted by atomic mass is 127. The summed E-state index contributed by atoms with van der Waals surface area (Å²) in [6.07, 6.45) is 2.36. The molecular weight excluding hydrogens is 483 g/mol. The molecule has 0 aliphatic carbocycles. The van der Waals surface area contributed by atoms with Gasteiger partial charge in [0.1, 0.15) is 11.4 Å². The Labute approximate surface area is 192 Å². The van der Waals surface area contributed by atoms with E-state index in [1.54, 1.807) is 7.05 Å². The molecule has 8 heteroatoms. The molecule has 0 aliphatic heterocycles. The van der Waals surface area contributed by atoms with Gasteiger partial charge in [-0.15, -0.1) is 24.0 Å². The molecule has 1 aromatic carbocycles. The van der Waals surface area contributed by atoms with Crippen molar-refractivity contribution in [2.75, 3.05) is 33.3 Å². The predicted molar refractivity (Wildman–Crippen MR) is 130 cm³/mol. The predicted octanol–water partition coefficient (Wildman–Crippen LogP) is 3.85. The minimum atomic E-state index is -0.473. The van der Waals surface area contributed by atoms with Gasteiger partial charge in [0, 0.05) is 26.7 Å². The molecule has 0 spiro atoms. The van der Waals surface area contributed by atoms with Crippen LogP contribution >= 0.6 is 24.0 Å². The number of hydrogen-bond acceptors (Lipinski definition) is 4. The number of ether oxygens (including phenoxy) is 2. The van der Waals surface area contributed by atoms with Crippen molar-refractivity contribution in [3.63, 3.8) is 0 Å². The van der Waals surface area contributed by atoms with Gasteiger partial charge >= 0.3 is 6.09 Å². The number of unbranched alkanes of at least 4 members (excludes halogenated alkanes) is 1. The largest absolute Gasteiger partial charge is 0.494 e. The summed E-state index contributed by atoms with van der Waals surface area (Å²) in [6, 6.07) is 8.10. The fourth-order valence-corrected chi connectivity index (χ4v) is 2.28. The van der Waals surface area contributed by atoms with Gasteiger partial charge in [-0.05, 0) is 59.1 Å². The van der Waals surface area contributed by atoms with E-state index in [2.05, 4.69) is 40.0 Å². The molecule has 1 amide bonds. The number of carbonyl (C=O) groups is 1. The number of rotatable bonds is 10. The van der Waals surface area contributed by atoms with Crippen LogP contribution < -0.4 is 20.7 Å². The summed E-state index contributed by atoms with van der Waals surface area (Å²) >= 11 is 0. The molecule has 0 aromatic heterocycles. The molecule has 3 N–H and O–H groups in total. The van der Waals surface area contributed by atoms with Crippen molar-refractivity contribution in [1.29, 1.82) is 0 Å². The Hall–Kier alpha value is -1.71. The standard InChI is InChI=1S/C21H36N4O3.HI/c1-17-9-11-18(12-10-17)27-16-7-6-13-23-19(22-5)24-14-8-15-25-20(26)28-21(2,3)4;/h9-12H,6-8,13-16H2,1-5H3,(H,25,26)(H2,22,23,24);1H. The molecule has 0 saturated carbocycles. The molecule has 0 saturated heterocycles. The molecule has 0 bridgehead atoms. The normalized spacial score (nSPS) is 11.3. The number of aryl methyl sites for hydroxylation is 1. The minimum absolute atomic E-state index is 0. The van der Waals surface area contributed by atoms with Crippen LogP contribution in [0, 0.1) is 6.92 Å². The molecule has 166 valence electrons. The third kappa shape index (κ3) is 14.9. The monoisotopic (exact) mass is 520 g/mol. The van der Waals surface area contributed by atoms with Crippen LogP contribution in [0.4, 0.5) is 4.79 Å². The van der Waals surface area contributed by atoms with Crippen molar-refractivity contribution in [2.45, 2.75) is 52.6 Å². The van der Waals surface area contributed by atoms with Gasteiger partial charge in [0.25, 0.3) is 0 Å². The molecule has 1 aromatic rings. The van der Waals surface area contributed by atoms with Crippen LogP contribution in [0.5, 0.6) is 5.75 Å². The van der Waals surface area contributed by atoms with E-state index in [1.165, 1.54) is 5.56 Å². The lowest BCUT2D eigenvalue weighted by atomic mass is 10.2. The summed E-state index contributed by atoms with van der Waals surface area (Å²) in [5.74, 6) is 1.67. The highest BCUT2D eigenvalue weighted by Gasteiger charge is 2.15. The van der Waals surface area contributed by atoms with Crippen molar-refractivity contribution in [1.82, 2.24) is 16.0 Å². The SMILES string of the molecule is CN=C(NCCCCOc1ccc(C)cc1)NCCCNC(=O)OC(C)(C)C.I. The molecule has 0 heterocycles. The Morgan fingerprint density at radius 3 is 2.14 bits per heavy atom. The van der Waals surface area contributed by atoms with Crippen LogP contribution in [0.3, 0.4) is 0 Å². The van der Waals surface area contributed by atoms with Crippen LogP contribution in [0.2, 0.25) is 0 Å². The summed E-state index contributed by atoms with van der Waals surface area (Å²) in [5, 5.41) is 9.25. The number of benzene rings is 1. The quantitative estimate of drug-likeness (QED) is 0.189. The Balaban J connectivity index is 0.00000784. The first kappa shape index (κ1) is 27.3. The number of carbonyl (C=O) groups excluding carboxylic acids is 1. The Kier molecular flexibility index (Phi) is 14.3. The molecule has 29 heavy (non-hydrogen) atoms. The number of guanidine groups is 1. The number of hydrogen-bond donors (Lipinski definition) is 3. The van der Waals surface area contributed by atoms with Gasteiger partial charge in [-0.3, -0.25) is 4.99 Å². The Morgan fingerprint density at radius 2 is 1.55 bits per heavy atom. The van der Waals surface area contributed by atoms with Crippen LogP contribution in [0.25, 0.3) is 0 Å². The lowest BCUT2D eigenvalue weighted by Gasteiger charge is -2.19. The first-order valence-electron chi connectivity index (χ1n) is 9.91. The Morgan fingerprint density at radius 1 is 0.966 bits per heavy atom. The molecule has 1 rings (SSSR count). The third-order valence-electron chi connectivity index (χ3n) is 3.69. The zero-order valence-corrected chi connectivity index (χ0v) is 20.7. The Bertz CT molecular complexity index is 601. The van der Waals surface area contributed by atoms with Gasteiger partial charge in [0.15, 0.2) is 5.96 Å². The summed E-state index contributed by atoms with van der Waals surface area (Å²) in [6.45, 7) is 10.4. The van der Waals surface area contributed by atoms with E-state index in [0.29, 0.717) is 19.7 Å². The van der Waals surface area contributed by atoms with Crippen molar-refractivity contribution >= 4 is 36.0 Å². The number of halogens is 1. The molecule has 0 fully saturated rings. The van der Waals surface area contributed by atoms with E-state index in [0.717, 1.165) is 37.5 Å². The van der Waals surface area contributed by atoms with Crippen molar-refractivity contribution in [3.8, 4) is 5.75 Å². The van der Waals surface area contributed by atoms with E-state index in [9.17, 15) is 4.79 Å². The molecule has 0 radical (unpaired) electrons. The third-order valence-corrected chi connectivity index (χ3v) is 3.69. The molecule has 0 aliphatic rings. The van der Waals surface area contributed by atoms with E-state index < -0.39 is 5.60 Å². The van der Waals surface area contributed by atoms with Crippen LogP contribution in [0.15, 0.2) is 29.3 Å². The first-order valence-corrected chi connectivity index (χ1v) is 9.91. The molecule has 0 atom stereocenters. The fraction of sp³-hybridized carbons (Fsp3) is 0.619. The number of nitrogens with zero attached hydrogens (tertiary/aromatic N) is 1. The maximum absolute atomic E-state index is 11.5. The lowest BCUT2D eigenvalue weighted by Crippen LogP contribution is -2.39.